The molecule has 0 aliphatic carbocycles. The molecular formula is C15H9N3O7. The summed E-state index contributed by atoms with van der Waals surface area (Å²) in [5, 5.41) is 20.4. The molecule has 2 aromatic rings. The molecule has 3 rings (SSSR count). The van der Waals surface area contributed by atoms with E-state index in [1.807, 2.05) is 0 Å². The van der Waals surface area contributed by atoms with Crippen molar-refractivity contribution in [1.82, 2.24) is 5.43 Å². The van der Waals surface area contributed by atoms with Crippen molar-refractivity contribution in [3.05, 3.63) is 63.4 Å². The molecule has 10 heteroatoms. The van der Waals surface area contributed by atoms with Gasteiger partial charge in [0.15, 0.2) is 0 Å². The second-order valence-corrected chi connectivity index (χ2v) is 4.92. The van der Waals surface area contributed by atoms with Crippen LogP contribution in [0.15, 0.2) is 46.4 Å². The van der Waals surface area contributed by atoms with Gasteiger partial charge in [-0.15, -0.1) is 0 Å². The highest BCUT2D eigenvalue weighted by atomic mass is 16.6. The Morgan fingerprint density at radius 1 is 1.20 bits per heavy atom. The Morgan fingerprint density at radius 3 is 2.44 bits per heavy atom. The molecule has 2 heterocycles. The highest BCUT2D eigenvalue weighted by molar-refractivity contribution is 6.31. The predicted octanol–water partition coefficient (Wildman–Crippen LogP) is 1.35. The van der Waals surface area contributed by atoms with Crippen LogP contribution >= 0.6 is 0 Å². The third kappa shape index (κ3) is 2.95. The van der Waals surface area contributed by atoms with Gasteiger partial charge in [0.25, 0.3) is 11.8 Å². The first-order valence-corrected chi connectivity index (χ1v) is 6.81. The van der Waals surface area contributed by atoms with Crippen LogP contribution in [0.25, 0.3) is 6.08 Å². The fraction of sp³-hybridized carbons (Fsp3) is 0. The van der Waals surface area contributed by atoms with Gasteiger partial charge in [0.2, 0.25) is 0 Å². The summed E-state index contributed by atoms with van der Waals surface area (Å²) in [5.74, 6) is -3.08. The molecule has 1 aliphatic heterocycles. The second kappa shape index (κ2) is 5.92. The van der Waals surface area contributed by atoms with Crippen molar-refractivity contribution in [3.8, 4) is 0 Å². The molecule has 1 aliphatic rings. The van der Waals surface area contributed by atoms with Crippen LogP contribution in [0.3, 0.4) is 0 Å². The first-order chi connectivity index (χ1) is 11.9. The van der Waals surface area contributed by atoms with E-state index in [-0.39, 0.29) is 22.6 Å². The minimum atomic E-state index is -1.12. The van der Waals surface area contributed by atoms with Gasteiger partial charge in [-0.2, -0.15) is 0 Å². The highest BCUT2D eigenvalue weighted by Crippen LogP contribution is 2.24. The summed E-state index contributed by atoms with van der Waals surface area (Å²) in [4.78, 5) is 45.0. The molecule has 1 aromatic carbocycles. The molecule has 0 radical (unpaired) electrons. The minimum absolute atomic E-state index is 0.0201. The van der Waals surface area contributed by atoms with E-state index < -0.39 is 28.6 Å². The molecule has 0 bridgehead atoms. The number of hydrogen-bond acceptors (Lipinski definition) is 6. The summed E-state index contributed by atoms with van der Waals surface area (Å²) in [6.07, 6.45) is 1.09. The van der Waals surface area contributed by atoms with Gasteiger partial charge in [-0.3, -0.25) is 25.1 Å². The lowest BCUT2D eigenvalue weighted by Gasteiger charge is -2.14. The van der Waals surface area contributed by atoms with E-state index in [0.717, 1.165) is 17.2 Å². The molecule has 0 saturated carbocycles. The first-order valence-electron chi connectivity index (χ1n) is 6.81. The Labute approximate surface area is 139 Å². The number of anilines is 1. The number of nitrogens with one attached hydrogen (secondary N) is 1. The average Bonchev–Trinajstić information content (AvgIpc) is 3.15. The lowest BCUT2D eigenvalue weighted by atomic mass is 10.2. The van der Waals surface area contributed by atoms with E-state index in [1.165, 1.54) is 30.3 Å². The molecule has 0 atom stereocenters. The number of carbonyl (C=O) groups excluding carboxylic acids is 2. The number of aromatic carboxylic acids is 1. The van der Waals surface area contributed by atoms with Gasteiger partial charge >= 0.3 is 11.9 Å². The standard InChI is InChI=1S/C15H9N3O7/c19-13-11(7-10-5-6-12(25-10)18(23)24)14(20)17(16-13)9-3-1-8(2-4-9)15(21)22/h1-7H,(H,16,19)(H,21,22)/b11-7+. The van der Waals surface area contributed by atoms with Crippen LogP contribution in [0.5, 0.6) is 0 Å². The van der Waals surface area contributed by atoms with Gasteiger partial charge in [0.05, 0.1) is 17.3 Å². The van der Waals surface area contributed by atoms with Crippen molar-refractivity contribution in [3.63, 3.8) is 0 Å². The van der Waals surface area contributed by atoms with E-state index in [9.17, 15) is 24.5 Å². The van der Waals surface area contributed by atoms with Crippen LogP contribution in [0.4, 0.5) is 11.6 Å². The number of amides is 2. The predicted molar refractivity (Wildman–Crippen MR) is 82.4 cm³/mol. The summed E-state index contributed by atoms with van der Waals surface area (Å²) in [7, 11) is 0. The maximum absolute atomic E-state index is 12.4. The zero-order valence-corrected chi connectivity index (χ0v) is 12.3. The van der Waals surface area contributed by atoms with Gasteiger partial charge in [0.1, 0.15) is 16.3 Å². The number of carboxylic acid groups (broad SMARTS) is 1. The zero-order valence-electron chi connectivity index (χ0n) is 12.3. The Balaban J connectivity index is 1.87. The Morgan fingerprint density at radius 2 is 1.88 bits per heavy atom. The summed E-state index contributed by atoms with van der Waals surface area (Å²) in [5.41, 5.74) is 2.34. The van der Waals surface area contributed by atoms with E-state index in [4.69, 9.17) is 9.52 Å². The van der Waals surface area contributed by atoms with Crippen molar-refractivity contribution < 1.29 is 28.8 Å². The van der Waals surface area contributed by atoms with E-state index in [2.05, 4.69) is 5.43 Å². The minimum Gasteiger partial charge on any atom is -0.478 e. The van der Waals surface area contributed by atoms with Crippen LogP contribution in [-0.4, -0.2) is 27.8 Å². The normalized spacial score (nSPS) is 15.5. The highest BCUT2D eigenvalue weighted by Gasteiger charge is 2.35. The third-order valence-corrected chi connectivity index (χ3v) is 3.34. The Hall–Kier alpha value is -3.95. The third-order valence-electron chi connectivity index (χ3n) is 3.34. The van der Waals surface area contributed by atoms with Crippen molar-refractivity contribution in [2.75, 3.05) is 5.01 Å². The SMILES string of the molecule is O=C1NN(c2ccc(C(=O)O)cc2)C(=O)/C1=C/c1ccc([N+](=O)[O-])o1. The summed E-state index contributed by atoms with van der Waals surface area (Å²) >= 11 is 0. The van der Waals surface area contributed by atoms with Gasteiger partial charge < -0.3 is 9.52 Å². The van der Waals surface area contributed by atoms with Gasteiger partial charge in [-0.25, -0.2) is 9.80 Å². The molecule has 1 saturated heterocycles. The first kappa shape index (κ1) is 15.9. The monoisotopic (exact) mass is 343 g/mol. The Bertz CT molecular complexity index is 927. The van der Waals surface area contributed by atoms with Crippen molar-refractivity contribution in [2.45, 2.75) is 0 Å². The van der Waals surface area contributed by atoms with Crippen molar-refractivity contribution in [2.24, 2.45) is 0 Å². The number of nitrogens with zero attached hydrogens (tertiary/aromatic N) is 2. The number of benzene rings is 1. The quantitative estimate of drug-likeness (QED) is 0.369. The molecular weight excluding hydrogens is 334 g/mol. The largest absolute Gasteiger partial charge is 0.478 e. The van der Waals surface area contributed by atoms with Crippen LogP contribution in [0.1, 0.15) is 16.1 Å². The van der Waals surface area contributed by atoms with Crippen molar-refractivity contribution >= 4 is 35.4 Å². The van der Waals surface area contributed by atoms with Crippen LogP contribution in [0, 0.1) is 10.1 Å². The summed E-state index contributed by atoms with van der Waals surface area (Å²) in [6, 6.07) is 7.66. The van der Waals surface area contributed by atoms with Crippen LogP contribution in [0.2, 0.25) is 0 Å². The zero-order chi connectivity index (χ0) is 18.1. The molecule has 1 aromatic heterocycles. The smallest absolute Gasteiger partial charge is 0.433 e. The molecule has 0 unspecified atom stereocenters. The molecule has 25 heavy (non-hydrogen) atoms. The van der Waals surface area contributed by atoms with Crippen molar-refractivity contribution in [1.29, 1.82) is 0 Å². The lowest BCUT2D eigenvalue weighted by Crippen LogP contribution is -2.35. The van der Waals surface area contributed by atoms with Crippen LogP contribution in [-0.2, 0) is 9.59 Å². The fourth-order valence-electron chi connectivity index (χ4n) is 2.15. The number of hydrazine groups is 1. The fourth-order valence-corrected chi connectivity index (χ4v) is 2.15. The van der Waals surface area contributed by atoms with Gasteiger partial charge in [-0.05, 0) is 36.4 Å². The number of nitro groups is 1. The molecule has 2 N–H and O–H groups in total. The number of rotatable bonds is 4. The van der Waals surface area contributed by atoms with Gasteiger partial charge in [0, 0.05) is 0 Å². The summed E-state index contributed by atoms with van der Waals surface area (Å²) < 4.78 is 4.90. The molecule has 126 valence electrons. The van der Waals surface area contributed by atoms with E-state index in [0.29, 0.717) is 0 Å². The van der Waals surface area contributed by atoms with Crippen LogP contribution < -0.4 is 10.4 Å². The molecule has 10 nitrogen and oxygen atoms in total. The molecule has 0 spiro atoms. The van der Waals surface area contributed by atoms with E-state index in [1.54, 1.807) is 0 Å². The lowest BCUT2D eigenvalue weighted by molar-refractivity contribution is -0.402. The number of hydrogen-bond donors (Lipinski definition) is 2. The molecule has 1 fully saturated rings. The summed E-state index contributed by atoms with van der Waals surface area (Å²) in [6.45, 7) is 0. The Kier molecular flexibility index (Phi) is 3.77. The van der Waals surface area contributed by atoms with E-state index >= 15 is 0 Å². The maximum atomic E-state index is 12.4. The second-order valence-electron chi connectivity index (χ2n) is 4.92. The number of carbonyl (C=O) groups is 3. The maximum Gasteiger partial charge on any atom is 0.433 e. The average molecular weight is 343 g/mol. The topological polar surface area (TPSA) is 143 Å². The van der Waals surface area contributed by atoms with Gasteiger partial charge in [-0.1, -0.05) is 0 Å². The molecule has 2 amide bonds. The number of furan rings is 1. The number of carboxylic acids is 1.